The number of nitriles is 1. The van der Waals surface area contributed by atoms with Gasteiger partial charge in [-0.15, -0.1) is 0 Å². The molecule has 0 aromatic carbocycles. The van der Waals surface area contributed by atoms with Crippen LogP contribution >= 0.6 is 0 Å². The molecule has 2 N–H and O–H groups in total. The van der Waals surface area contributed by atoms with E-state index < -0.39 is 0 Å². The van der Waals surface area contributed by atoms with Gasteiger partial charge in [-0.3, -0.25) is 0 Å². The molecule has 114 valence electrons. The van der Waals surface area contributed by atoms with E-state index in [0.29, 0.717) is 17.4 Å². The van der Waals surface area contributed by atoms with Crippen molar-refractivity contribution in [2.24, 2.45) is 0 Å². The Bertz CT molecular complexity index is 529. The number of piperazine rings is 1. The zero-order valence-electron chi connectivity index (χ0n) is 12.8. The summed E-state index contributed by atoms with van der Waals surface area (Å²) >= 11 is 0. The first-order chi connectivity index (χ1) is 10.2. The van der Waals surface area contributed by atoms with Crippen LogP contribution in [0, 0.1) is 11.3 Å². The normalized spacial score (nSPS) is 21.4. The second kappa shape index (κ2) is 5.94. The average Bonchev–Trinajstić information content (AvgIpc) is 2.85. The molecular weight excluding hydrogens is 264 g/mol. The molecule has 0 atom stereocenters. The van der Waals surface area contributed by atoms with Gasteiger partial charge in [-0.05, 0) is 19.9 Å². The van der Waals surface area contributed by atoms with Crippen molar-refractivity contribution in [3.05, 3.63) is 5.56 Å². The van der Waals surface area contributed by atoms with Crippen molar-refractivity contribution in [2.45, 2.75) is 38.1 Å². The van der Waals surface area contributed by atoms with E-state index in [1.165, 1.54) is 19.3 Å². The van der Waals surface area contributed by atoms with E-state index in [4.69, 9.17) is 10.8 Å². The molecule has 2 heterocycles. The molecule has 0 spiro atoms. The molecule has 0 unspecified atom stereocenters. The van der Waals surface area contributed by atoms with Crippen LogP contribution in [0.4, 0.5) is 11.6 Å². The zero-order chi connectivity index (χ0) is 14.8. The maximum Gasteiger partial charge on any atom is 0.171 e. The van der Waals surface area contributed by atoms with Gasteiger partial charge in [0.05, 0.1) is 6.04 Å². The molecule has 3 rings (SSSR count). The molecule has 1 aliphatic carbocycles. The van der Waals surface area contributed by atoms with E-state index >= 15 is 0 Å². The summed E-state index contributed by atoms with van der Waals surface area (Å²) in [5, 5.41) is 14.2. The summed E-state index contributed by atoms with van der Waals surface area (Å²) in [5.74, 6) is 1.34. The van der Waals surface area contributed by atoms with E-state index in [9.17, 15) is 5.26 Å². The lowest BCUT2D eigenvalue weighted by Crippen LogP contribution is -2.45. The molecule has 21 heavy (non-hydrogen) atoms. The molecule has 1 saturated heterocycles. The Morgan fingerprint density at radius 3 is 2.43 bits per heavy atom. The van der Waals surface area contributed by atoms with Crippen LogP contribution in [-0.4, -0.2) is 47.9 Å². The number of likely N-dealkylation sites (N-methyl/N-ethyl adjacent to an activating group) is 1. The number of hydrogen-bond acceptors (Lipinski definition) is 5. The molecule has 0 amide bonds. The monoisotopic (exact) mass is 288 g/mol. The number of aromatic nitrogens is 2. The van der Waals surface area contributed by atoms with Gasteiger partial charge >= 0.3 is 0 Å². The summed E-state index contributed by atoms with van der Waals surface area (Å²) in [4.78, 5) is 4.50. The van der Waals surface area contributed by atoms with Crippen molar-refractivity contribution >= 4 is 11.6 Å². The molecule has 6 heteroatoms. The summed E-state index contributed by atoms with van der Waals surface area (Å²) in [6, 6.07) is 2.64. The molecule has 2 aliphatic rings. The zero-order valence-corrected chi connectivity index (χ0v) is 12.8. The van der Waals surface area contributed by atoms with Gasteiger partial charge in [0.2, 0.25) is 0 Å². The van der Waals surface area contributed by atoms with Crippen molar-refractivity contribution < 1.29 is 0 Å². The lowest BCUT2D eigenvalue weighted by molar-refractivity contribution is 0.309. The minimum absolute atomic E-state index is 0.368. The maximum absolute atomic E-state index is 9.47. The Kier molecular flexibility index (Phi) is 4.02. The number of rotatable bonds is 2. The van der Waals surface area contributed by atoms with Crippen LogP contribution in [0.5, 0.6) is 0 Å². The van der Waals surface area contributed by atoms with Gasteiger partial charge in [0.1, 0.15) is 17.5 Å². The van der Waals surface area contributed by atoms with Crippen LogP contribution in [0.3, 0.4) is 0 Å². The Hall–Kier alpha value is -1.74. The highest BCUT2D eigenvalue weighted by Crippen LogP contribution is 2.34. The second-order valence-electron chi connectivity index (χ2n) is 6.22. The molecular formula is C15H24N6. The first-order valence-corrected chi connectivity index (χ1v) is 7.92. The Balaban J connectivity index is 1.88. The van der Waals surface area contributed by atoms with Gasteiger partial charge in [-0.2, -0.15) is 10.4 Å². The van der Waals surface area contributed by atoms with E-state index in [0.717, 1.165) is 44.8 Å². The predicted octanol–water partition coefficient (Wildman–Crippen LogP) is 1.59. The van der Waals surface area contributed by atoms with E-state index in [1.807, 2.05) is 4.68 Å². The van der Waals surface area contributed by atoms with Crippen LogP contribution < -0.4 is 10.6 Å². The Morgan fingerprint density at radius 1 is 1.14 bits per heavy atom. The Morgan fingerprint density at radius 2 is 1.81 bits per heavy atom. The lowest BCUT2D eigenvalue weighted by atomic mass is 9.96. The number of nitrogen functional groups attached to an aromatic ring is 1. The van der Waals surface area contributed by atoms with E-state index in [1.54, 1.807) is 0 Å². The quantitative estimate of drug-likeness (QED) is 0.894. The number of nitrogens with zero attached hydrogens (tertiary/aromatic N) is 5. The number of anilines is 2. The fraction of sp³-hybridized carbons (Fsp3) is 0.733. The highest BCUT2D eigenvalue weighted by atomic mass is 15.4. The van der Waals surface area contributed by atoms with Crippen LogP contribution in [0.25, 0.3) is 0 Å². The summed E-state index contributed by atoms with van der Waals surface area (Å²) in [6.07, 6.45) is 6.01. The smallest absolute Gasteiger partial charge is 0.171 e. The molecule has 1 aromatic rings. The first kappa shape index (κ1) is 14.2. The summed E-state index contributed by atoms with van der Waals surface area (Å²) in [5.41, 5.74) is 6.78. The van der Waals surface area contributed by atoms with Crippen LogP contribution in [0.2, 0.25) is 0 Å². The highest BCUT2D eigenvalue weighted by Gasteiger charge is 2.27. The standard InChI is InChI=1S/C15H24N6/c1-19-7-9-20(10-8-19)15-13(11-16)14(17)21(18-15)12-5-3-2-4-6-12/h12H,2-10,17H2,1H3. The van der Waals surface area contributed by atoms with Crippen molar-refractivity contribution in [1.29, 1.82) is 5.26 Å². The summed E-state index contributed by atoms with van der Waals surface area (Å²) < 4.78 is 1.92. The van der Waals surface area contributed by atoms with Gasteiger partial charge in [-0.1, -0.05) is 19.3 Å². The van der Waals surface area contributed by atoms with Crippen LogP contribution in [0.15, 0.2) is 0 Å². The van der Waals surface area contributed by atoms with Crippen molar-refractivity contribution in [1.82, 2.24) is 14.7 Å². The molecule has 1 aliphatic heterocycles. The third-order valence-electron chi connectivity index (χ3n) is 4.76. The van der Waals surface area contributed by atoms with Gasteiger partial charge < -0.3 is 15.5 Å². The molecule has 2 fully saturated rings. The molecule has 0 radical (unpaired) electrons. The van der Waals surface area contributed by atoms with Gasteiger partial charge in [0, 0.05) is 26.2 Å². The predicted molar refractivity (Wildman–Crippen MR) is 83.2 cm³/mol. The number of nitrogens with two attached hydrogens (primary N) is 1. The van der Waals surface area contributed by atoms with E-state index in [-0.39, 0.29) is 0 Å². The van der Waals surface area contributed by atoms with Crippen molar-refractivity contribution in [3.8, 4) is 6.07 Å². The fourth-order valence-corrected chi connectivity index (χ4v) is 3.39. The van der Waals surface area contributed by atoms with Crippen molar-refractivity contribution in [2.75, 3.05) is 43.9 Å². The molecule has 6 nitrogen and oxygen atoms in total. The van der Waals surface area contributed by atoms with Gasteiger partial charge in [-0.25, -0.2) is 4.68 Å². The fourth-order valence-electron chi connectivity index (χ4n) is 3.39. The van der Waals surface area contributed by atoms with Crippen LogP contribution in [-0.2, 0) is 0 Å². The van der Waals surface area contributed by atoms with E-state index in [2.05, 4.69) is 22.9 Å². The summed E-state index contributed by atoms with van der Waals surface area (Å²) in [7, 11) is 2.12. The van der Waals surface area contributed by atoms with Crippen LogP contribution in [0.1, 0.15) is 43.7 Å². The van der Waals surface area contributed by atoms with Gasteiger partial charge in [0.15, 0.2) is 5.82 Å². The minimum Gasteiger partial charge on any atom is -0.383 e. The first-order valence-electron chi connectivity index (χ1n) is 7.92. The third-order valence-corrected chi connectivity index (χ3v) is 4.76. The average molecular weight is 288 g/mol. The summed E-state index contributed by atoms with van der Waals surface area (Å²) in [6.45, 7) is 3.82. The molecule has 0 bridgehead atoms. The largest absolute Gasteiger partial charge is 0.383 e. The second-order valence-corrected chi connectivity index (χ2v) is 6.22. The highest BCUT2D eigenvalue weighted by molar-refractivity contribution is 5.65. The lowest BCUT2D eigenvalue weighted by Gasteiger charge is -2.32. The molecule has 1 saturated carbocycles. The SMILES string of the molecule is CN1CCN(c2nn(C3CCCCC3)c(N)c2C#N)CC1. The molecule has 1 aromatic heterocycles. The topological polar surface area (TPSA) is 74.1 Å². The maximum atomic E-state index is 9.47. The van der Waals surface area contributed by atoms with Crippen molar-refractivity contribution in [3.63, 3.8) is 0 Å². The van der Waals surface area contributed by atoms with Gasteiger partial charge in [0.25, 0.3) is 0 Å². The third kappa shape index (κ3) is 2.70. The Labute approximate surface area is 126 Å². The minimum atomic E-state index is 0.368. The number of hydrogen-bond donors (Lipinski definition) is 1.